The number of aliphatic hydroxyl groups excluding tert-OH is 1. The number of hydrogen-bond donors (Lipinski definition) is 1. The maximum atomic E-state index is 13.1. The number of allylic oxidation sites excluding steroid dienone is 1. The molecule has 2 aliphatic rings. The van der Waals surface area contributed by atoms with Crippen LogP contribution in [0, 0.1) is 30.1 Å². The predicted molar refractivity (Wildman–Crippen MR) is 134 cm³/mol. The van der Waals surface area contributed by atoms with Crippen LogP contribution in [0.4, 0.5) is 0 Å². The normalized spacial score (nSPS) is 33.7. The fourth-order valence-corrected chi connectivity index (χ4v) is 5.42. The number of Topliss-reactive ketones (excluding diaryl/α,β-unsaturated/α-hetero) is 1. The van der Waals surface area contributed by atoms with Crippen LogP contribution in [0.25, 0.3) is 6.08 Å². The number of thiazole rings is 1. The van der Waals surface area contributed by atoms with Gasteiger partial charge in [0.2, 0.25) is 0 Å². The number of carbonyl (C=O) groups excluding carboxylic acids is 2. The van der Waals surface area contributed by atoms with Gasteiger partial charge in [-0.25, -0.2) is 9.78 Å². The molecule has 1 saturated heterocycles. The zero-order valence-electron chi connectivity index (χ0n) is 21.2. The van der Waals surface area contributed by atoms with Crippen molar-refractivity contribution in [1.29, 1.82) is 0 Å². The number of rotatable bonds is 2. The Morgan fingerprint density at radius 3 is 2.62 bits per heavy atom. The lowest BCUT2D eigenvalue weighted by atomic mass is 9.76. The van der Waals surface area contributed by atoms with Crippen molar-refractivity contribution in [2.45, 2.75) is 85.5 Å². The van der Waals surface area contributed by atoms with Crippen LogP contribution in [0.5, 0.6) is 0 Å². The number of aryl methyl sites for hydroxylation is 1. The molecule has 0 bridgehead atoms. The van der Waals surface area contributed by atoms with Crippen molar-refractivity contribution < 1.29 is 24.2 Å². The third kappa shape index (κ3) is 6.64. The van der Waals surface area contributed by atoms with Gasteiger partial charge in [-0.1, -0.05) is 26.3 Å². The molecule has 0 aliphatic carbocycles. The Hall–Kier alpha value is -1.83. The van der Waals surface area contributed by atoms with Crippen LogP contribution in [0.15, 0.2) is 23.1 Å². The largest absolute Gasteiger partial charge is 0.455 e. The van der Waals surface area contributed by atoms with Crippen LogP contribution >= 0.6 is 11.3 Å². The third-order valence-corrected chi connectivity index (χ3v) is 8.08. The van der Waals surface area contributed by atoms with Crippen molar-refractivity contribution in [3.8, 4) is 0 Å². The number of nitrogens with zero attached hydrogens (tertiary/aromatic N) is 1. The molecule has 2 aliphatic heterocycles. The Morgan fingerprint density at radius 1 is 1.26 bits per heavy atom. The number of aromatic nitrogens is 1. The smallest absolute Gasteiger partial charge is 0.331 e. The topological polar surface area (TPSA) is 85.7 Å². The van der Waals surface area contributed by atoms with Crippen molar-refractivity contribution in [2.75, 3.05) is 6.61 Å². The molecule has 1 aromatic rings. The molecule has 0 spiro atoms. The highest BCUT2D eigenvalue weighted by Gasteiger charge is 2.37. The molecule has 6 atom stereocenters. The second-order valence-corrected chi connectivity index (χ2v) is 11.6. The Bertz CT molecular complexity index is 933. The van der Waals surface area contributed by atoms with Gasteiger partial charge < -0.3 is 14.6 Å². The van der Waals surface area contributed by atoms with Crippen molar-refractivity contribution in [1.82, 2.24) is 4.98 Å². The zero-order chi connectivity index (χ0) is 25.0. The maximum absolute atomic E-state index is 13.1. The minimum absolute atomic E-state index is 0.0236. The van der Waals surface area contributed by atoms with E-state index in [0.29, 0.717) is 18.9 Å². The minimum atomic E-state index is -0.892. The molecule has 6 nitrogen and oxygen atoms in total. The van der Waals surface area contributed by atoms with Gasteiger partial charge in [0.05, 0.1) is 29.5 Å². The molecule has 34 heavy (non-hydrogen) atoms. The Kier molecular flexibility index (Phi) is 8.87. The van der Waals surface area contributed by atoms with Crippen LogP contribution in [0.3, 0.4) is 0 Å². The van der Waals surface area contributed by atoms with E-state index in [1.807, 2.05) is 32.2 Å². The number of aliphatic hydroxyl groups is 1. The summed E-state index contributed by atoms with van der Waals surface area (Å²) in [6.07, 6.45) is 7.21. The van der Waals surface area contributed by atoms with Crippen LogP contribution in [-0.2, 0) is 19.1 Å². The molecule has 6 unspecified atom stereocenters. The summed E-state index contributed by atoms with van der Waals surface area (Å²) >= 11 is 1.58. The van der Waals surface area contributed by atoms with Gasteiger partial charge >= 0.3 is 5.97 Å². The summed E-state index contributed by atoms with van der Waals surface area (Å²) < 4.78 is 11.8. The van der Waals surface area contributed by atoms with Crippen LogP contribution < -0.4 is 0 Å². The second-order valence-electron chi connectivity index (χ2n) is 10.6. The van der Waals surface area contributed by atoms with Crippen molar-refractivity contribution >= 4 is 29.2 Å². The van der Waals surface area contributed by atoms with E-state index in [1.165, 1.54) is 6.08 Å². The van der Waals surface area contributed by atoms with E-state index in [2.05, 4.69) is 4.98 Å². The number of fused-ring (bicyclic) bond motifs is 1. The fourth-order valence-electron chi connectivity index (χ4n) is 4.85. The quantitative estimate of drug-likeness (QED) is 0.579. The summed E-state index contributed by atoms with van der Waals surface area (Å²) in [6.45, 7) is 12.0. The van der Waals surface area contributed by atoms with Gasteiger partial charge in [-0.3, -0.25) is 4.79 Å². The SMILES string of the molecule is CC(=Cc1csc(C)n1)C1CC2OCC2CCCC(C)C(O)C(C)C(=O)C(C)(C)C=CC(=O)O1. The van der Waals surface area contributed by atoms with Crippen LogP contribution in [-0.4, -0.2) is 46.8 Å². The first-order chi connectivity index (χ1) is 16.0. The third-order valence-electron chi connectivity index (χ3n) is 7.29. The van der Waals surface area contributed by atoms with Crippen LogP contribution in [0.1, 0.15) is 71.0 Å². The molecule has 0 amide bonds. The number of esters is 1. The predicted octanol–water partition coefficient (Wildman–Crippen LogP) is 5.14. The molecular formula is C27H39NO5S. The maximum Gasteiger partial charge on any atom is 0.331 e. The lowest BCUT2D eigenvalue weighted by Crippen LogP contribution is -2.43. The molecule has 1 fully saturated rings. The molecule has 7 heteroatoms. The van der Waals surface area contributed by atoms with Crippen molar-refractivity contribution in [3.63, 3.8) is 0 Å². The minimum Gasteiger partial charge on any atom is -0.455 e. The summed E-state index contributed by atoms with van der Waals surface area (Å²) in [5.74, 6) is -0.658. The Morgan fingerprint density at radius 2 is 2.00 bits per heavy atom. The van der Waals surface area contributed by atoms with E-state index in [1.54, 1.807) is 38.2 Å². The van der Waals surface area contributed by atoms with Gasteiger partial charge in [-0.15, -0.1) is 11.3 Å². The molecule has 3 heterocycles. The molecular weight excluding hydrogens is 450 g/mol. The summed E-state index contributed by atoms with van der Waals surface area (Å²) in [4.78, 5) is 30.4. The molecule has 1 aromatic heterocycles. The Balaban J connectivity index is 1.85. The number of cyclic esters (lactones) is 1. The van der Waals surface area contributed by atoms with Gasteiger partial charge in [-0.05, 0) is 58.1 Å². The number of hydrogen-bond acceptors (Lipinski definition) is 7. The van der Waals surface area contributed by atoms with Crippen molar-refractivity contribution in [3.05, 3.63) is 33.8 Å². The number of carbonyl (C=O) groups is 2. The van der Waals surface area contributed by atoms with Gasteiger partial charge in [0.1, 0.15) is 11.9 Å². The summed E-state index contributed by atoms with van der Waals surface area (Å²) in [5, 5.41) is 13.8. The lowest BCUT2D eigenvalue weighted by molar-refractivity contribution is -0.153. The van der Waals surface area contributed by atoms with E-state index in [9.17, 15) is 14.7 Å². The van der Waals surface area contributed by atoms with Gasteiger partial charge in [0.25, 0.3) is 0 Å². The fraction of sp³-hybridized carbons (Fsp3) is 0.667. The molecule has 1 N–H and O–H groups in total. The van der Waals surface area contributed by atoms with E-state index in [0.717, 1.165) is 35.5 Å². The highest BCUT2D eigenvalue weighted by molar-refractivity contribution is 7.09. The van der Waals surface area contributed by atoms with Crippen LogP contribution in [0.2, 0.25) is 0 Å². The van der Waals surface area contributed by atoms with Gasteiger partial charge in [0.15, 0.2) is 0 Å². The second kappa shape index (κ2) is 11.3. The van der Waals surface area contributed by atoms with E-state index < -0.39 is 29.5 Å². The Labute approximate surface area is 207 Å². The highest BCUT2D eigenvalue weighted by atomic mass is 32.1. The van der Waals surface area contributed by atoms with E-state index >= 15 is 0 Å². The first-order valence-electron chi connectivity index (χ1n) is 12.3. The van der Waals surface area contributed by atoms with Crippen molar-refractivity contribution in [2.24, 2.45) is 23.2 Å². The average Bonchev–Trinajstić information content (AvgIpc) is 3.19. The summed E-state index contributed by atoms with van der Waals surface area (Å²) in [5.41, 5.74) is 0.887. The van der Waals surface area contributed by atoms with Gasteiger partial charge in [-0.2, -0.15) is 0 Å². The lowest BCUT2D eigenvalue weighted by Gasteiger charge is -2.39. The monoisotopic (exact) mass is 489 g/mol. The summed E-state index contributed by atoms with van der Waals surface area (Å²) in [6, 6.07) is 0. The number of ketones is 1. The molecule has 0 aromatic carbocycles. The summed E-state index contributed by atoms with van der Waals surface area (Å²) in [7, 11) is 0. The average molecular weight is 490 g/mol. The van der Waals surface area contributed by atoms with E-state index in [-0.39, 0.29) is 17.8 Å². The first-order valence-corrected chi connectivity index (χ1v) is 13.2. The molecule has 0 saturated carbocycles. The van der Waals surface area contributed by atoms with E-state index in [4.69, 9.17) is 9.47 Å². The number of ether oxygens (including phenoxy) is 2. The molecule has 3 rings (SSSR count). The molecule has 188 valence electrons. The standard InChI is InChI=1S/C27H39NO5S/c1-16-8-7-9-20-14-32-23(20)13-22(17(2)12-21-15-34-19(4)28-21)33-24(29)10-11-27(5,6)26(31)18(3)25(16)30/h10-12,15-16,18,20,22-23,25,30H,7-9,13-14H2,1-6H3. The first kappa shape index (κ1) is 26.8. The zero-order valence-corrected chi connectivity index (χ0v) is 22.1. The molecule has 0 radical (unpaired) electrons. The highest BCUT2D eigenvalue weighted by Crippen LogP contribution is 2.34. The van der Waals surface area contributed by atoms with Gasteiger partial charge in [0, 0.05) is 35.1 Å².